The molecule has 0 aliphatic rings. The van der Waals surface area contributed by atoms with E-state index in [0.717, 1.165) is 0 Å². The molecule has 88 valence electrons. The van der Waals surface area contributed by atoms with Crippen molar-refractivity contribution in [1.82, 2.24) is 0 Å². The van der Waals surface area contributed by atoms with E-state index in [1.54, 1.807) is 0 Å². The van der Waals surface area contributed by atoms with Crippen molar-refractivity contribution in [1.29, 1.82) is 0 Å². The number of hydrogen-bond donors (Lipinski definition) is 0. The van der Waals surface area contributed by atoms with Gasteiger partial charge in [0.05, 0.1) is 6.66 Å². The van der Waals surface area contributed by atoms with E-state index in [0.29, 0.717) is 25.7 Å². The first-order valence-electron chi connectivity index (χ1n) is 4.89. The van der Waals surface area contributed by atoms with Gasteiger partial charge >= 0.3 is 7.60 Å². The summed E-state index contributed by atoms with van der Waals surface area (Å²) < 4.78 is 21.0. The van der Waals surface area contributed by atoms with E-state index in [1.165, 1.54) is 6.66 Å². The van der Waals surface area contributed by atoms with Crippen LogP contribution in [0.5, 0.6) is 0 Å². The molecule has 3 nitrogen and oxygen atoms in total. The standard InChI is InChI=1S/C13H13O3P/c1-4-6-8-10-12-15-17(3,14)16-13-11-9-7-5-2/h1-2H,6-9H2,3H3. The Bertz CT molecular complexity index is 429. The molecule has 0 fully saturated rings. The van der Waals surface area contributed by atoms with Gasteiger partial charge in [0, 0.05) is 25.7 Å². The molecule has 0 atom stereocenters. The van der Waals surface area contributed by atoms with Gasteiger partial charge in [-0.25, -0.2) is 4.57 Å². The van der Waals surface area contributed by atoms with Crippen molar-refractivity contribution in [2.24, 2.45) is 0 Å². The first-order valence-corrected chi connectivity index (χ1v) is 6.88. The Morgan fingerprint density at radius 3 is 1.71 bits per heavy atom. The van der Waals surface area contributed by atoms with Gasteiger partial charge in [-0.15, -0.1) is 24.7 Å². The number of rotatable bonds is 4. The first kappa shape index (κ1) is 15.1. The van der Waals surface area contributed by atoms with Gasteiger partial charge in [-0.2, -0.15) is 0 Å². The van der Waals surface area contributed by atoms with Crippen LogP contribution in [0.1, 0.15) is 25.7 Å². The zero-order valence-electron chi connectivity index (χ0n) is 9.66. The maximum absolute atomic E-state index is 11.5. The molecular weight excluding hydrogens is 235 g/mol. The van der Waals surface area contributed by atoms with Gasteiger partial charge in [0.2, 0.25) is 0 Å². The van der Waals surface area contributed by atoms with E-state index in [1.807, 2.05) is 0 Å². The van der Waals surface area contributed by atoms with Crippen LogP contribution in [0.25, 0.3) is 0 Å². The van der Waals surface area contributed by atoms with Crippen LogP contribution in [0, 0.1) is 48.7 Å². The zero-order valence-corrected chi connectivity index (χ0v) is 10.5. The quantitative estimate of drug-likeness (QED) is 0.436. The SMILES string of the molecule is C#CCCC#COP(C)(=O)OC#CCCC#C. The highest BCUT2D eigenvalue weighted by molar-refractivity contribution is 7.53. The number of terminal acetylenes is 2. The molecule has 0 aromatic carbocycles. The molecule has 0 aliphatic carbocycles. The molecule has 0 amide bonds. The van der Waals surface area contributed by atoms with E-state index in [2.05, 4.69) is 35.9 Å². The summed E-state index contributed by atoms with van der Waals surface area (Å²) in [4.78, 5) is 0. The lowest BCUT2D eigenvalue weighted by atomic mass is 10.3. The van der Waals surface area contributed by atoms with Gasteiger partial charge < -0.3 is 9.05 Å². The van der Waals surface area contributed by atoms with Crippen molar-refractivity contribution in [3.05, 3.63) is 0 Å². The lowest BCUT2D eigenvalue weighted by Crippen LogP contribution is -1.84. The zero-order chi connectivity index (χ0) is 13.0. The van der Waals surface area contributed by atoms with Crippen LogP contribution in [0.15, 0.2) is 0 Å². The molecular formula is C13H13O3P. The van der Waals surface area contributed by atoms with Crippen LogP contribution in [-0.2, 0) is 13.6 Å². The van der Waals surface area contributed by atoms with Crippen molar-refractivity contribution in [2.45, 2.75) is 25.7 Å². The van der Waals surface area contributed by atoms with E-state index in [4.69, 9.17) is 21.9 Å². The molecule has 0 aromatic rings. The lowest BCUT2D eigenvalue weighted by molar-refractivity contribution is 0.361. The van der Waals surface area contributed by atoms with Crippen LogP contribution in [-0.4, -0.2) is 6.66 Å². The molecule has 0 saturated carbocycles. The predicted octanol–water partition coefficient (Wildman–Crippen LogP) is 2.59. The fourth-order valence-corrected chi connectivity index (χ4v) is 1.12. The van der Waals surface area contributed by atoms with Crippen LogP contribution in [0.3, 0.4) is 0 Å². The average Bonchev–Trinajstić information content (AvgIpc) is 2.28. The fraction of sp³-hybridized carbons (Fsp3) is 0.385. The van der Waals surface area contributed by atoms with Gasteiger partial charge in [-0.05, 0) is 0 Å². The van der Waals surface area contributed by atoms with Crippen molar-refractivity contribution < 1.29 is 13.6 Å². The molecule has 0 heterocycles. The Hall–Kier alpha value is -1.93. The molecule has 0 aliphatic heterocycles. The minimum atomic E-state index is -3.24. The van der Waals surface area contributed by atoms with E-state index >= 15 is 0 Å². The summed E-state index contributed by atoms with van der Waals surface area (Å²) in [6.45, 7) is 1.29. The maximum Gasteiger partial charge on any atom is 0.444 e. The summed E-state index contributed by atoms with van der Waals surface area (Å²) in [6.07, 6.45) is 16.7. The fourth-order valence-electron chi connectivity index (χ4n) is 0.620. The largest absolute Gasteiger partial charge is 0.444 e. The van der Waals surface area contributed by atoms with Gasteiger partial charge in [0.15, 0.2) is 0 Å². The minimum Gasteiger partial charge on any atom is -0.362 e. The molecule has 17 heavy (non-hydrogen) atoms. The highest BCUT2D eigenvalue weighted by Gasteiger charge is 2.16. The van der Waals surface area contributed by atoms with E-state index < -0.39 is 7.60 Å². The average molecular weight is 248 g/mol. The summed E-state index contributed by atoms with van der Waals surface area (Å²) in [5, 5.41) is 0. The third kappa shape index (κ3) is 10.4. The van der Waals surface area contributed by atoms with Gasteiger partial charge in [0.1, 0.15) is 12.2 Å². The highest BCUT2D eigenvalue weighted by atomic mass is 31.2. The third-order valence-electron chi connectivity index (χ3n) is 1.36. The van der Waals surface area contributed by atoms with Gasteiger partial charge in [0.25, 0.3) is 0 Å². The second-order valence-electron chi connectivity index (χ2n) is 2.92. The van der Waals surface area contributed by atoms with Crippen molar-refractivity contribution in [3.63, 3.8) is 0 Å². The Morgan fingerprint density at radius 1 is 0.941 bits per heavy atom. The minimum absolute atomic E-state index is 0.490. The second-order valence-corrected chi connectivity index (χ2v) is 4.83. The van der Waals surface area contributed by atoms with E-state index in [9.17, 15) is 4.57 Å². The summed E-state index contributed by atoms with van der Waals surface area (Å²) in [7, 11) is -3.24. The van der Waals surface area contributed by atoms with Crippen molar-refractivity contribution in [2.75, 3.05) is 6.66 Å². The Kier molecular flexibility index (Phi) is 8.25. The van der Waals surface area contributed by atoms with Crippen molar-refractivity contribution in [3.8, 4) is 48.7 Å². The molecule has 0 radical (unpaired) electrons. The second kappa shape index (κ2) is 9.31. The smallest absolute Gasteiger partial charge is 0.362 e. The summed E-state index contributed by atoms with van der Waals surface area (Å²) in [5.41, 5.74) is 0. The summed E-state index contributed by atoms with van der Waals surface area (Å²) in [5.74, 6) is 10.1. The van der Waals surface area contributed by atoms with Gasteiger partial charge in [-0.3, -0.25) is 0 Å². The molecule has 0 saturated heterocycles. The van der Waals surface area contributed by atoms with Gasteiger partial charge in [-0.1, -0.05) is 11.8 Å². The molecule has 0 bridgehead atoms. The monoisotopic (exact) mass is 248 g/mol. The Morgan fingerprint density at radius 2 is 1.35 bits per heavy atom. The Balaban J connectivity index is 3.98. The van der Waals surface area contributed by atoms with E-state index in [-0.39, 0.29) is 0 Å². The molecule has 0 spiro atoms. The maximum atomic E-state index is 11.5. The Labute approximate surface area is 103 Å². The van der Waals surface area contributed by atoms with Crippen LogP contribution < -0.4 is 0 Å². The van der Waals surface area contributed by atoms with Crippen LogP contribution in [0.2, 0.25) is 0 Å². The predicted molar refractivity (Wildman–Crippen MR) is 67.4 cm³/mol. The van der Waals surface area contributed by atoms with Crippen LogP contribution >= 0.6 is 7.60 Å². The molecule has 4 heteroatoms. The molecule has 0 aromatic heterocycles. The lowest BCUT2D eigenvalue weighted by Gasteiger charge is -2.04. The molecule has 0 rings (SSSR count). The molecule has 0 unspecified atom stereocenters. The summed E-state index contributed by atoms with van der Waals surface area (Å²) >= 11 is 0. The van der Waals surface area contributed by atoms with Crippen LogP contribution in [0.4, 0.5) is 0 Å². The first-order chi connectivity index (χ1) is 8.12. The normalized spacial score (nSPS) is 8.41. The number of unbranched alkanes of at least 4 members (excludes halogenated alkanes) is 2. The third-order valence-corrected chi connectivity index (χ3v) is 2.20. The molecule has 0 N–H and O–H groups in total. The van der Waals surface area contributed by atoms with Crippen molar-refractivity contribution >= 4 is 7.60 Å². The topological polar surface area (TPSA) is 35.5 Å². The highest BCUT2D eigenvalue weighted by Crippen LogP contribution is 2.42. The number of hydrogen-bond acceptors (Lipinski definition) is 3. The summed E-state index contributed by atoms with van der Waals surface area (Å²) in [6, 6.07) is 0.